The lowest BCUT2D eigenvalue weighted by molar-refractivity contribution is 0.0700. The number of aromatic nitrogens is 5. The summed E-state index contributed by atoms with van der Waals surface area (Å²) in [6.45, 7) is 1.92. The van der Waals surface area contributed by atoms with Crippen LogP contribution in [0.1, 0.15) is 42.1 Å². The Labute approximate surface area is 282 Å². The van der Waals surface area contributed by atoms with Crippen LogP contribution in [0.15, 0.2) is 59.8 Å². The second-order valence-corrected chi connectivity index (χ2v) is 15.9. The Morgan fingerprint density at radius 2 is 1.90 bits per heavy atom. The lowest BCUT2D eigenvalue weighted by Crippen LogP contribution is -2.50. The smallest absolute Gasteiger partial charge is 0.254 e. The first kappa shape index (κ1) is 30.1. The number of amides is 1. The molecule has 2 aliphatic heterocycles. The molecule has 2 N–H and O–H groups in total. The van der Waals surface area contributed by atoms with Gasteiger partial charge in [0.25, 0.3) is 5.91 Å². The summed E-state index contributed by atoms with van der Waals surface area (Å²) >= 11 is 5.93. The van der Waals surface area contributed by atoms with E-state index in [4.69, 9.17) is 32.0 Å². The Kier molecular flexibility index (Phi) is 6.88. The highest BCUT2D eigenvalue weighted by molar-refractivity contribution is 7.89. The van der Waals surface area contributed by atoms with Crippen LogP contribution in [0.5, 0.6) is 5.75 Å². The normalized spacial score (nSPS) is 23.0. The first-order valence-electron chi connectivity index (χ1n) is 16.4. The summed E-state index contributed by atoms with van der Waals surface area (Å²) in [5.74, 6) is 2.02. The number of nitrogens with zero attached hydrogens (tertiary/aromatic N) is 7. The Morgan fingerprint density at radius 1 is 1.06 bits per heavy atom. The van der Waals surface area contributed by atoms with Crippen molar-refractivity contribution in [3.8, 4) is 17.3 Å². The Morgan fingerprint density at radius 3 is 2.58 bits per heavy atom. The second kappa shape index (κ2) is 11.0. The van der Waals surface area contributed by atoms with Crippen LogP contribution in [-0.4, -0.2) is 86.4 Å². The number of nitrogens with two attached hydrogens (primary N) is 1. The molecule has 2 bridgehead atoms. The number of benzene rings is 1. The van der Waals surface area contributed by atoms with Crippen molar-refractivity contribution in [3.63, 3.8) is 0 Å². The van der Waals surface area contributed by atoms with Gasteiger partial charge in [0.1, 0.15) is 27.0 Å². The fraction of sp³-hybridized carbons (Fsp3) is 0.412. The zero-order chi connectivity index (χ0) is 32.9. The van der Waals surface area contributed by atoms with E-state index in [-0.39, 0.29) is 47.2 Å². The number of carbonyl (C=O) groups is 1. The maximum absolute atomic E-state index is 13.9. The molecule has 5 aromatic rings. The van der Waals surface area contributed by atoms with Gasteiger partial charge in [-0.2, -0.15) is 4.31 Å². The van der Waals surface area contributed by atoms with Crippen LogP contribution >= 0.6 is 11.6 Å². The van der Waals surface area contributed by atoms with E-state index in [2.05, 4.69) is 20.2 Å². The average molecular weight is 687 g/mol. The number of carbonyl (C=O) groups excluding carboxylic acids is 1. The van der Waals surface area contributed by atoms with E-state index >= 15 is 0 Å². The van der Waals surface area contributed by atoms with E-state index in [0.29, 0.717) is 41.0 Å². The van der Waals surface area contributed by atoms with E-state index in [1.807, 2.05) is 23.1 Å². The number of fused-ring (bicyclic) bond motifs is 4. The van der Waals surface area contributed by atoms with Gasteiger partial charge in [-0.15, -0.1) is 0 Å². The van der Waals surface area contributed by atoms with E-state index in [0.717, 1.165) is 41.6 Å². The molecule has 0 radical (unpaired) electrons. The van der Waals surface area contributed by atoms with Crippen molar-refractivity contribution in [1.29, 1.82) is 0 Å². The third kappa shape index (κ3) is 4.66. The fourth-order valence-electron chi connectivity index (χ4n) is 7.91. The Hall–Kier alpha value is -4.04. The molecular formula is C34H35ClN8O4S. The standard InChI is InChI=1S/C34H35ClN8O4S/c1-47-28-13-22(34(44)42-16-21-6-8-26(42)30(21)36)11-25-31(28)43(23-17-40(18-23)48(45,46)24-7-9-29(35)38-14-24)33(39-25)27-12-20-3-2-10-37-32(20)41(27)15-19-4-5-19/h2-3,7,9-14,19,21,23,26,30H,4-6,8,15-18,36H2,1H3/t21-,26-,30-/m1/s1. The van der Waals surface area contributed by atoms with E-state index < -0.39 is 10.0 Å². The molecule has 4 fully saturated rings. The number of piperidine rings is 1. The monoisotopic (exact) mass is 686 g/mol. The van der Waals surface area contributed by atoms with Gasteiger partial charge in [0, 0.05) is 61.6 Å². The summed E-state index contributed by atoms with van der Waals surface area (Å²) in [4.78, 5) is 29.9. The van der Waals surface area contributed by atoms with Crippen molar-refractivity contribution in [1.82, 2.24) is 33.3 Å². The van der Waals surface area contributed by atoms with Crippen molar-refractivity contribution in [3.05, 3.63) is 65.6 Å². The minimum Gasteiger partial charge on any atom is -0.494 e. The zero-order valence-corrected chi connectivity index (χ0v) is 27.9. The van der Waals surface area contributed by atoms with Crippen molar-refractivity contribution in [2.24, 2.45) is 17.6 Å². The van der Waals surface area contributed by atoms with E-state index in [9.17, 15) is 13.2 Å². The van der Waals surface area contributed by atoms with Gasteiger partial charge in [-0.1, -0.05) is 11.6 Å². The molecule has 2 aliphatic carbocycles. The molecule has 48 heavy (non-hydrogen) atoms. The number of imidazole rings is 1. The van der Waals surface area contributed by atoms with Gasteiger partial charge in [0.15, 0.2) is 5.82 Å². The summed E-state index contributed by atoms with van der Waals surface area (Å²) in [5.41, 5.74) is 10.1. The third-order valence-corrected chi connectivity index (χ3v) is 12.7. The number of likely N-dealkylation sites (tertiary alicyclic amines) is 1. The minimum absolute atomic E-state index is 0.00822. The van der Waals surface area contributed by atoms with Crippen LogP contribution in [-0.2, 0) is 16.6 Å². The molecule has 2 saturated carbocycles. The highest BCUT2D eigenvalue weighted by Gasteiger charge is 2.47. The second-order valence-electron chi connectivity index (χ2n) is 13.6. The van der Waals surface area contributed by atoms with Gasteiger partial charge < -0.3 is 24.5 Å². The van der Waals surface area contributed by atoms with E-state index in [1.165, 1.54) is 35.5 Å². The number of pyridine rings is 2. The molecule has 14 heteroatoms. The maximum atomic E-state index is 13.9. The highest BCUT2D eigenvalue weighted by atomic mass is 35.5. The molecule has 9 rings (SSSR count). The maximum Gasteiger partial charge on any atom is 0.254 e. The van der Waals surface area contributed by atoms with Gasteiger partial charge in [0.05, 0.1) is 24.4 Å². The Balaban J connectivity index is 1.17. The highest BCUT2D eigenvalue weighted by Crippen LogP contribution is 2.43. The molecule has 4 aromatic heterocycles. The number of rotatable bonds is 8. The number of hydrogen-bond acceptors (Lipinski definition) is 8. The fourth-order valence-corrected chi connectivity index (χ4v) is 9.49. The molecule has 0 unspecified atom stereocenters. The quantitative estimate of drug-likeness (QED) is 0.238. The number of methoxy groups -OCH3 is 1. The SMILES string of the molecule is COc1cc(C(=O)N2C[C@H]3CC[C@@H]2[C@@H]3N)cc2nc(-c3cc4cccnc4n3CC3CC3)n(C3CN(S(=O)(=O)c4ccc(Cl)nc4)C3)c12. The Bertz CT molecular complexity index is 2210. The molecule has 0 spiro atoms. The minimum atomic E-state index is -3.79. The summed E-state index contributed by atoms with van der Waals surface area (Å²) in [6, 6.07) is 12.5. The number of hydrogen-bond donors (Lipinski definition) is 1. The zero-order valence-electron chi connectivity index (χ0n) is 26.4. The first-order valence-corrected chi connectivity index (χ1v) is 18.3. The van der Waals surface area contributed by atoms with Crippen molar-refractivity contribution < 1.29 is 17.9 Å². The molecule has 12 nitrogen and oxygen atoms in total. The molecule has 1 aromatic carbocycles. The van der Waals surface area contributed by atoms with Crippen molar-refractivity contribution in [2.75, 3.05) is 26.7 Å². The molecule has 1 amide bonds. The first-order chi connectivity index (χ1) is 23.2. The average Bonchev–Trinajstić information content (AvgIpc) is 3.41. The summed E-state index contributed by atoms with van der Waals surface area (Å²) in [7, 11) is -2.20. The summed E-state index contributed by atoms with van der Waals surface area (Å²) in [6.07, 6.45) is 7.39. The van der Waals surface area contributed by atoms with Crippen molar-refractivity contribution >= 4 is 49.6 Å². The molecule has 248 valence electrons. The molecule has 6 heterocycles. The predicted octanol–water partition coefficient (Wildman–Crippen LogP) is 4.33. The van der Waals surface area contributed by atoms with Gasteiger partial charge >= 0.3 is 0 Å². The third-order valence-electron chi connectivity index (χ3n) is 10.7. The van der Waals surface area contributed by atoms with Crippen LogP contribution in [0, 0.1) is 11.8 Å². The van der Waals surface area contributed by atoms with Crippen LogP contribution in [0.2, 0.25) is 5.15 Å². The van der Waals surface area contributed by atoms with Gasteiger partial charge in [0.2, 0.25) is 10.0 Å². The van der Waals surface area contributed by atoms with Gasteiger partial charge in [-0.05, 0) is 80.0 Å². The van der Waals surface area contributed by atoms with Crippen LogP contribution in [0.3, 0.4) is 0 Å². The largest absolute Gasteiger partial charge is 0.494 e. The van der Waals surface area contributed by atoms with Crippen LogP contribution < -0.4 is 10.5 Å². The summed E-state index contributed by atoms with van der Waals surface area (Å²) < 4.78 is 38.8. The number of sulfonamides is 1. The molecule has 3 atom stereocenters. The molecule has 2 saturated heterocycles. The number of halogens is 1. The summed E-state index contributed by atoms with van der Waals surface area (Å²) in [5, 5.41) is 1.23. The predicted molar refractivity (Wildman–Crippen MR) is 180 cm³/mol. The molecular weight excluding hydrogens is 652 g/mol. The lowest BCUT2D eigenvalue weighted by atomic mass is 10.1. The van der Waals surface area contributed by atoms with Crippen LogP contribution in [0.4, 0.5) is 0 Å². The van der Waals surface area contributed by atoms with Crippen molar-refractivity contribution in [2.45, 2.75) is 55.2 Å². The molecule has 4 aliphatic rings. The van der Waals surface area contributed by atoms with E-state index in [1.54, 1.807) is 19.4 Å². The number of ether oxygens (including phenoxy) is 1. The lowest BCUT2D eigenvalue weighted by Gasteiger charge is -2.39. The van der Waals surface area contributed by atoms with Gasteiger partial charge in [-0.3, -0.25) is 4.79 Å². The topological polar surface area (TPSA) is 141 Å². The van der Waals surface area contributed by atoms with Crippen LogP contribution in [0.25, 0.3) is 33.6 Å². The van der Waals surface area contributed by atoms with Gasteiger partial charge in [-0.25, -0.2) is 23.4 Å².